The van der Waals surface area contributed by atoms with Gasteiger partial charge < -0.3 is 9.30 Å². The number of hydrogen-bond acceptors (Lipinski definition) is 5. The molecule has 0 radical (unpaired) electrons. The Bertz CT molecular complexity index is 1310. The van der Waals surface area contributed by atoms with E-state index in [1.165, 1.54) is 0 Å². The molecule has 0 fully saturated rings. The molecule has 2 aromatic heterocycles. The van der Waals surface area contributed by atoms with Gasteiger partial charge in [0.25, 0.3) is 5.56 Å². The van der Waals surface area contributed by atoms with Crippen molar-refractivity contribution in [1.29, 1.82) is 0 Å². The summed E-state index contributed by atoms with van der Waals surface area (Å²) in [5.74, 6) is -0.496. The van der Waals surface area contributed by atoms with E-state index in [4.69, 9.17) is 16.3 Å². The predicted molar refractivity (Wildman–Crippen MR) is 112 cm³/mol. The van der Waals surface area contributed by atoms with Crippen LogP contribution >= 0.6 is 11.6 Å². The first-order valence-corrected chi connectivity index (χ1v) is 9.58. The molecule has 0 bridgehead atoms. The number of benzene rings is 2. The number of hydrogen-bond donors (Lipinski definition) is 0. The topological polar surface area (TPSA) is 74.1 Å². The zero-order chi connectivity index (χ0) is 20.5. The van der Waals surface area contributed by atoms with Crippen molar-refractivity contribution in [2.75, 3.05) is 0 Å². The standard InChI is InChI=1S/C22H18ClN3O3/c1-3-26-19-9-8-15(11-18(19)24-13(2)21(26)27)22(28)29-12-16-10-14-6-4-5-7-17(14)25-20(16)23/h4-11H,3,12H2,1-2H3. The Morgan fingerprint density at radius 3 is 2.69 bits per heavy atom. The lowest BCUT2D eigenvalue weighted by Crippen LogP contribution is -2.23. The van der Waals surface area contributed by atoms with E-state index in [1.807, 2.05) is 37.3 Å². The predicted octanol–water partition coefficient (Wildman–Crippen LogP) is 4.28. The summed E-state index contributed by atoms with van der Waals surface area (Å²) >= 11 is 6.23. The molecular weight excluding hydrogens is 390 g/mol. The molecule has 0 aliphatic heterocycles. The van der Waals surface area contributed by atoms with Gasteiger partial charge in [0, 0.05) is 17.5 Å². The van der Waals surface area contributed by atoms with Crippen molar-refractivity contribution in [3.8, 4) is 0 Å². The number of esters is 1. The van der Waals surface area contributed by atoms with Gasteiger partial charge in [-0.05, 0) is 44.2 Å². The highest BCUT2D eigenvalue weighted by Gasteiger charge is 2.14. The second kappa shape index (κ2) is 7.64. The minimum atomic E-state index is -0.496. The Kier molecular flexibility index (Phi) is 5.03. The number of aryl methyl sites for hydroxylation is 2. The van der Waals surface area contributed by atoms with E-state index in [-0.39, 0.29) is 12.2 Å². The van der Waals surface area contributed by atoms with Crippen LogP contribution in [0.2, 0.25) is 5.15 Å². The van der Waals surface area contributed by atoms with Crippen molar-refractivity contribution in [2.45, 2.75) is 27.0 Å². The van der Waals surface area contributed by atoms with Gasteiger partial charge in [0.15, 0.2) is 0 Å². The number of rotatable bonds is 4. The van der Waals surface area contributed by atoms with Gasteiger partial charge in [-0.25, -0.2) is 14.8 Å². The molecule has 0 N–H and O–H groups in total. The van der Waals surface area contributed by atoms with Crippen LogP contribution in [0.1, 0.15) is 28.5 Å². The fourth-order valence-electron chi connectivity index (χ4n) is 3.28. The lowest BCUT2D eigenvalue weighted by Gasteiger charge is -2.11. The first-order chi connectivity index (χ1) is 14.0. The number of aromatic nitrogens is 3. The number of ether oxygens (including phenoxy) is 1. The molecule has 0 atom stereocenters. The van der Waals surface area contributed by atoms with Crippen molar-refractivity contribution in [3.63, 3.8) is 0 Å². The van der Waals surface area contributed by atoms with Gasteiger partial charge in [0.1, 0.15) is 17.5 Å². The van der Waals surface area contributed by atoms with Gasteiger partial charge in [-0.2, -0.15) is 0 Å². The van der Waals surface area contributed by atoms with Crippen LogP contribution in [0, 0.1) is 6.92 Å². The monoisotopic (exact) mass is 407 g/mol. The molecular formula is C22H18ClN3O3. The molecule has 0 saturated heterocycles. The molecule has 0 aliphatic rings. The summed E-state index contributed by atoms with van der Waals surface area (Å²) in [6.07, 6.45) is 0. The first-order valence-electron chi connectivity index (χ1n) is 9.20. The van der Waals surface area contributed by atoms with Gasteiger partial charge >= 0.3 is 5.97 Å². The third kappa shape index (κ3) is 3.59. The average Bonchev–Trinajstić information content (AvgIpc) is 2.72. The molecule has 29 heavy (non-hydrogen) atoms. The average molecular weight is 408 g/mol. The van der Waals surface area contributed by atoms with E-state index >= 15 is 0 Å². The minimum Gasteiger partial charge on any atom is -0.457 e. The molecule has 0 amide bonds. The number of fused-ring (bicyclic) bond motifs is 2. The molecule has 4 aromatic rings. The van der Waals surface area contributed by atoms with E-state index in [1.54, 1.807) is 29.7 Å². The number of pyridine rings is 1. The van der Waals surface area contributed by atoms with Crippen LogP contribution in [0.25, 0.3) is 21.9 Å². The lowest BCUT2D eigenvalue weighted by molar-refractivity contribution is 0.0473. The third-order valence-corrected chi connectivity index (χ3v) is 5.10. The largest absolute Gasteiger partial charge is 0.457 e. The number of nitrogens with zero attached hydrogens (tertiary/aromatic N) is 3. The highest BCUT2D eigenvalue weighted by molar-refractivity contribution is 6.30. The molecule has 7 heteroatoms. The maximum Gasteiger partial charge on any atom is 0.338 e. The smallest absolute Gasteiger partial charge is 0.338 e. The normalized spacial score (nSPS) is 11.1. The van der Waals surface area contributed by atoms with Gasteiger partial charge in [-0.15, -0.1) is 0 Å². The van der Waals surface area contributed by atoms with E-state index in [9.17, 15) is 9.59 Å². The molecule has 146 valence electrons. The van der Waals surface area contributed by atoms with Crippen LogP contribution < -0.4 is 5.56 Å². The second-order valence-corrected chi connectivity index (χ2v) is 7.02. The van der Waals surface area contributed by atoms with Gasteiger partial charge in [-0.1, -0.05) is 29.8 Å². The quantitative estimate of drug-likeness (QED) is 0.373. The second-order valence-electron chi connectivity index (χ2n) is 6.66. The SMILES string of the molecule is CCn1c(=O)c(C)nc2cc(C(=O)OCc3cc4ccccc4nc3Cl)ccc21. The van der Waals surface area contributed by atoms with Crippen molar-refractivity contribution < 1.29 is 9.53 Å². The zero-order valence-electron chi connectivity index (χ0n) is 16.0. The van der Waals surface area contributed by atoms with E-state index in [0.717, 1.165) is 10.9 Å². The Labute approximate surface area is 171 Å². The summed E-state index contributed by atoms with van der Waals surface area (Å²) in [7, 11) is 0. The summed E-state index contributed by atoms with van der Waals surface area (Å²) in [6.45, 7) is 4.09. The summed E-state index contributed by atoms with van der Waals surface area (Å²) in [5, 5.41) is 1.23. The fourth-order valence-corrected chi connectivity index (χ4v) is 3.48. The highest BCUT2D eigenvalue weighted by atomic mass is 35.5. The summed E-state index contributed by atoms with van der Waals surface area (Å²) in [6, 6.07) is 14.4. The minimum absolute atomic E-state index is 0.00839. The molecule has 6 nitrogen and oxygen atoms in total. The molecule has 0 saturated carbocycles. The number of para-hydroxylation sites is 1. The highest BCUT2D eigenvalue weighted by Crippen LogP contribution is 2.22. The van der Waals surface area contributed by atoms with Crippen molar-refractivity contribution >= 4 is 39.5 Å². The lowest BCUT2D eigenvalue weighted by atomic mass is 10.1. The molecule has 4 rings (SSSR count). The van der Waals surface area contributed by atoms with Gasteiger partial charge in [0.05, 0.1) is 22.1 Å². The molecule has 0 aliphatic carbocycles. The Morgan fingerprint density at radius 1 is 1.10 bits per heavy atom. The maximum atomic E-state index is 12.6. The number of carbonyl (C=O) groups is 1. The van der Waals surface area contributed by atoms with Crippen LogP contribution in [0.3, 0.4) is 0 Å². The van der Waals surface area contributed by atoms with Crippen molar-refractivity contribution in [1.82, 2.24) is 14.5 Å². The van der Waals surface area contributed by atoms with Gasteiger partial charge in [-0.3, -0.25) is 4.79 Å². The first kappa shape index (κ1) is 19.1. The van der Waals surface area contributed by atoms with E-state index < -0.39 is 5.97 Å². The van der Waals surface area contributed by atoms with Crippen LogP contribution in [-0.4, -0.2) is 20.5 Å². The third-order valence-electron chi connectivity index (χ3n) is 4.77. The summed E-state index contributed by atoms with van der Waals surface area (Å²) in [5.41, 5.74) is 3.28. The Morgan fingerprint density at radius 2 is 1.90 bits per heavy atom. The molecule has 0 spiro atoms. The maximum absolute atomic E-state index is 12.6. The van der Waals surface area contributed by atoms with E-state index in [0.29, 0.717) is 39.6 Å². The fraction of sp³-hybridized carbons (Fsp3) is 0.182. The Hall–Kier alpha value is -3.25. The summed E-state index contributed by atoms with van der Waals surface area (Å²) < 4.78 is 7.08. The molecule has 2 aromatic carbocycles. The van der Waals surface area contributed by atoms with Crippen LogP contribution in [0.5, 0.6) is 0 Å². The molecule has 2 heterocycles. The number of carbonyl (C=O) groups excluding carboxylic acids is 1. The van der Waals surface area contributed by atoms with E-state index in [2.05, 4.69) is 9.97 Å². The zero-order valence-corrected chi connectivity index (χ0v) is 16.7. The van der Waals surface area contributed by atoms with Crippen molar-refractivity contribution in [2.24, 2.45) is 0 Å². The summed E-state index contributed by atoms with van der Waals surface area (Å²) in [4.78, 5) is 33.4. The number of halogens is 1. The Balaban J connectivity index is 1.60. The molecule has 0 unspecified atom stereocenters. The van der Waals surface area contributed by atoms with Crippen LogP contribution in [0.4, 0.5) is 0 Å². The van der Waals surface area contributed by atoms with Crippen molar-refractivity contribution in [3.05, 3.63) is 80.9 Å². The van der Waals surface area contributed by atoms with Crippen LogP contribution in [-0.2, 0) is 17.9 Å². The van der Waals surface area contributed by atoms with Gasteiger partial charge in [0.2, 0.25) is 0 Å². The van der Waals surface area contributed by atoms with Crippen LogP contribution in [0.15, 0.2) is 53.3 Å².